The number of hydrogen-bond donors (Lipinski definition) is 3. The number of aromatic carboxylic acids is 1. The minimum absolute atomic E-state index is 0. The van der Waals surface area contributed by atoms with E-state index >= 15 is 0 Å². The molecule has 44 heavy (non-hydrogen) atoms. The maximum atomic E-state index is 10.1. The fraction of sp³-hybridized carbons (Fsp3) is 0.0286. The van der Waals surface area contributed by atoms with Crippen molar-refractivity contribution in [3.05, 3.63) is 162 Å². The van der Waals surface area contributed by atoms with Crippen LogP contribution in [0.1, 0.15) is 33.0 Å². The van der Waals surface area contributed by atoms with Crippen LogP contribution in [0.2, 0.25) is 0 Å². The van der Waals surface area contributed by atoms with Gasteiger partial charge in [0.25, 0.3) is 0 Å². The molecule has 0 spiro atoms. The molecule has 0 bridgehead atoms. The van der Waals surface area contributed by atoms with Crippen LogP contribution in [0.3, 0.4) is 0 Å². The molecule has 7 rings (SSSR count). The Hall–Kier alpha value is -5.37. The molecular formula is C35H25IrN5O3-2. The molecule has 8 nitrogen and oxygen atoms in total. The molecular weight excluding hydrogens is 731 g/mol. The van der Waals surface area contributed by atoms with Crippen LogP contribution < -0.4 is 16.2 Å². The van der Waals surface area contributed by atoms with Crippen LogP contribution in [-0.2, 0) is 25.5 Å². The number of benzene rings is 3. The van der Waals surface area contributed by atoms with Crippen LogP contribution in [0.5, 0.6) is 11.5 Å². The van der Waals surface area contributed by atoms with Crippen molar-refractivity contribution in [2.24, 2.45) is 0 Å². The fourth-order valence-corrected chi connectivity index (χ4v) is 5.14. The second kappa shape index (κ2) is 12.9. The Balaban J connectivity index is 0.000000333. The Kier molecular flexibility index (Phi) is 8.81. The SMILES string of the molecule is Nc1c[c-]c2c(c1)Oc1cc(N)ccc1[C@]2(c1ccccn1)c1cccc(-c2[c-]cccc2)n1.O=C(O)c1ccccn1.[Ir]. The van der Waals surface area contributed by atoms with Gasteiger partial charge in [0.1, 0.15) is 11.4 Å². The number of carbonyl (C=O) groups is 1. The van der Waals surface area contributed by atoms with Crippen molar-refractivity contribution in [1.82, 2.24) is 15.0 Å². The molecule has 219 valence electrons. The van der Waals surface area contributed by atoms with Gasteiger partial charge in [-0.1, -0.05) is 41.6 Å². The van der Waals surface area contributed by atoms with Gasteiger partial charge in [-0.05, 0) is 42.1 Å². The van der Waals surface area contributed by atoms with Crippen LogP contribution in [-0.4, -0.2) is 26.0 Å². The summed E-state index contributed by atoms with van der Waals surface area (Å²) in [6.45, 7) is 0. The summed E-state index contributed by atoms with van der Waals surface area (Å²) in [5.41, 5.74) is 17.6. The molecule has 1 aliphatic rings. The van der Waals surface area contributed by atoms with Crippen molar-refractivity contribution in [3.8, 4) is 22.8 Å². The van der Waals surface area contributed by atoms with Gasteiger partial charge in [0, 0.05) is 61.3 Å². The van der Waals surface area contributed by atoms with E-state index in [-0.39, 0.29) is 25.8 Å². The van der Waals surface area contributed by atoms with Crippen molar-refractivity contribution in [2.45, 2.75) is 5.41 Å². The maximum absolute atomic E-state index is 10.1. The molecule has 3 aromatic carbocycles. The van der Waals surface area contributed by atoms with E-state index in [2.05, 4.69) is 17.1 Å². The van der Waals surface area contributed by atoms with Crippen LogP contribution in [0.15, 0.2) is 122 Å². The van der Waals surface area contributed by atoms with Crippen molar-refractivity contribution in [1.29, 1.82) is 0 Å². The Morgan fingerprint density at radius 1 is 0.773 bits per heavy atom. The summed E-state index contributed by atoms with van der Waals surface area (Å²) in [6, 6.07) is 40.4. The first-order valence-electron chi connectivity index (χ1n) is 13.4. The van der Waals surface area contributed by atoms with E-state index in [1.807, 2.05) is 84.9 Å². The van der Waals surface area contributed by atoms with Gasteiger partial charge in [0.15, 0.2) is 0 Å². The van der Waals surface area contributed by atoms with Crippen molar-refractivity contribution in [3.63, 3.8) is 0 Å². The third-order valence-corrected chi connectivity index (χ3v) is 6.98. The standard InChI is InChI=1S/C29H20N4O.C6H5NO2.Ir/c30-20-12-14-22-25(17-20)34-26-18-21(31)13-15-23(26)29(22,27-10-4-5-16-32-27)28-11-6-9-24(33-28)19-7-2-1-3-8-19;8-6(9)5-3-1-2-4-7-5;/h1-7,9-14,16-18H,30-31H2;1-4H,(H,8,9);/q-2;;/t29-;;/m0../s1. The first-order valence-corrected chi connectivity index (χ1v) is 13.4. The summed E-state index contributed by atoms with van der Waals surface area (Å²) in [4.78, 5) is 23.7. The Labute approximate surface area is 267 Å². The number of nitrogen functional groups attached to an aromatic ring is 2. The van der Waals surface area contributed by atoms with Gasteiger partial charge in [-0.15, -0.1) is 42.0 Å². The smallest absolute Gasteiger partial charge is 0.354 e. The summed E-state index contributed by atoms with van der Waals surface area (Å²) >= 11 is 0. The number of rotatable bonds is 4. The molecule has 5 N–H and O–H groups in total. The number of pyridine rings is 3. The first-order chi connectivity index (χ1) is 21.0. The number of carboxylic acid groups (broad SMARTS) is 1. The van der Waals surface area contributed by atoms with Gasteiger partial charge in [-0.2, -0.15) is 12.1 Å². The predicted molar refractivity (Wildman–Crippen MR) is 164 cm³/mol. The molecule has 0 saturated heterocycles. The maximum Gasteiger partial charge on any atom is 0.354 e. The molecule has 1 aliphatic heterocycles. The second-order valence-corrected chi connectivity index (χ2v) is 9.70. The molecule has 0 fully saturated rings. The number of fused-ring (bicyclic) bond motifs is 2. The molecule has 1 radical (unpaired) electrons. The monoisotopic (exact) mass is 756 g/mol. The van der Waals surface area contributed by atoms with Gasteiger partial charge in [0.05, 0.1) is 11.1 Å². The number of anilines is 2. The average molecular weight is 756 g/mol. The Morgan fingerprint density at radius 2 is 1.52 bits per heavy atom. The third-order valence-electron chi connectivity index (χ3n) is 6.98. The van der Waals surface area contributed by atoms with Gasteiger partial charge in [0.2, 0.25) is 0 Å². The van der Waals surface area contributed by atoms with Crippen LogP contribution >= 0.6 is 0 Å². The van der Waals surface area contributed by atoms with Gasteiger partial charge < -0.3 is 21.3 Å². The number of carboxylic acids is 1. The normalized spacial score (nSPS) is 14.4. The summed E-state index contributed by atoms with van der Waals surface area (Å²) < 4.78 is 6.30. The van der Waals surface area contributed by atoms with E-state index in [9.17, 15) is 4.79 Å². The minimum Gasteiger partial charge on any atom is -0.516 e. The minimum atomic E-state index is -0.990. The summed E-state index contributed by atoms with van der Waals surface area (Å²) in [6.07, 6.45) is 3.23. The van der Waals surface area contributed by atoms with Gasteiger partial charge >= 0.3 is 5.97 Å². The molecule has 4 heterocycles. The van der Waals surface area contributed by atoms with E-state index in [0.717, 1.165) is 33.8 Å². The summed E-state index contributed by atoms with van der Waals surface area (Å²) in [7, 11) is 0. The van der Waals surface area contributed by atoms with Crippen LogP contribution in [0.25, 0.3) is 11.3 Å². The topological polar surface area (TPSA) is 137 Å². The molecule has 3 aromatic heterocycles. The predicted octanol–water partition coefficient (Wildman–Crippen LogP) is 6.17. The van der Waals surface area contributed by atoms with E-state index in [4.69, 9.17) is 31.3 Å². The summed E-state index contributed by atoms with van der Waals surface area (Å²) in [5, 5.41) is 8.32. The van der Waals surface area contributed by atoms with Crippen molar-refractivity contribution in [2.75, 3.05) is 11.5 Å². The molecule has 0 amide bonds. The largest absolute Gasteiger partial charge is 0.516 e. The van der Waals surface area contributed by atoms with Crippen LogP contribution in [0, 0.1) is 12.1 Å². The van der Waals surface area contributed by atoms with E-state index in [1.54, 1.807) is 24.4 Å². The van der Waals surface area contributed by atoms with Crippen molar-refractivity contribution >= 4 is 17.3 Å². The average Bonchev–Trinajstić information content (AvgIpc) is 3.05. The molecule has 0 unspecified atom stereocenters. The molecule has 0 aliphatic carbocycles. The number of hydrogen-bond acceptors (Lipinski definition) is 7. The molecule has 1 atom stereocenters. The van der Waals surface area contributed by atoms with E-state index in [0.29, 0.717) is 22.9 Å². The molecule has 9 heteroatoms. The van der Waals surface area contributed by atoms with E-state index < -0.39 is 11.4 Å². The Bertz CT molecular complexity index is 1850. The number of nitrogens with zero attached hydrogens (tertiary/aromatic N) is 3. The number of aromatic nitrogens is 3. The Morgan fingerprint density at radius 3 is 2.20 bits per heavy atom. The number of ether oxygens (including phenoxy) is 1. The quantitative estimate of drug-likeness (QED) is 0.143. The number of nitrogens with two attached hydrogens (primary N) is 2. The zero-order chi connectivity index (χ0) is 29.8. The van der Waals surface area contributed by atoms with Gasteiger partial charge in [-0.3, -0.25) is 9.97 Å². The molecule has 6 aromatic rings. The zero-order valence-corrected chi connectivity index (χ0v) is 25.5. The summed E-state index contributed by atoms with van der Waals surface area (Å²) in [5.74, 6) is 0.244. The van der Waals surface area contributed by atoms with E-state index in [1.165, 1.54) is 12.3 Å². The second-order valence-electron chi connectivity index (χ2n) is 9.70. The fourth-order valence-electron chi connectivity index (χ4n) is 5.14. The first kappa shape index (κ1) is 30.1. The van der Waals surface area contributed by atoms with Gasteiger partial charge in [-0.25, -0.2) is 9.78 Å². The molecule has 0 saturated carbocycles. The third kappa shape index (κ3) is 5.66. The van der Waals surface area contributed by atoms with Crippen LogP contribution in [0.4, 0.5) is 11.4 Å². The van der Waals surface area contributed by atoms with Crippen molar-refractivity contribution < 1.29 is 34.7 Å². The zero-order valence-electron chi connectivity index (χ0n) is 23.1.